The maximum absolute atomic E-state index is 12.1. The van der Waals surface area contributed by atoms with Crippen LogP contribution in [0, 0.1) is 0 Å². The highest BCUT2D eigenvalue weighted by atomic mass is 16.5. The molecule has 2 aromatic rings. The molecule has 1 amide bonds. The number of anilines is 1. The third-order valence-electron chi connectivity index (χ3n) is 3.46. The van der Waals surface area contributed by atoms with E-state index in [-0.39, 0.29) is 11.9 Å². The molecule has 1 N–H and O–H groups in total. The van der Waals surface area contributed by atoms with Crippen LogP contribution in [-0.2, 0) is 9.53 Å². The Balaban J connectivity index is 1.96. The second-order valence-electron chi connectivity index (χ2n) is 5.51. The topological polar surface area (TPSA) is 64.6 Å². The van der Waals surface area contributed by atoms with E-state index in [9.17, 15) is 9.59 Å². The van der Waals surface area contributed by atoms with E-state index in [0.717, 1.165) is 17.7 Å². The summed E-state index contributed by atoms with van der Waals surface area (Å²) in [5.41, 5.74) is 1.89. The van der Waals surface area contributed by atoms with Gasteiger partial charge in [0.2, 0.25) is 5.91 Å². The summed E-state index contributed by atoms with van der Waals surface area (Å²) in [6.45, 7) is 4.80. The van der Waals surface area contributed by atoms with Gasteiger partial charge in [-0.3, -0.25) is 4.79 Å². The standard InChI is InChI=1S/C21H23NO4/c1-3-15-26-21(24)17-9-12-18(13-10-17)22-20(23)14-11-16-7-5-6-8-19(16)25-4-2/h5-14H,3-4,15H2,1-2H3,(H,22,23)/b14-11+. The van der Waals surface area contributed by atoms with Crippen molar-refractivity contribution in [3.8, 4) is 5.75 Å². The average Bonchev–Trinajstić information content (AvgIpc) is 2.66. The lowest BCUT2D eigenvalue weighted by Crippen LogP contribution is -2.09. The lowest BCUT2D eigenvalue weighted by atomic mass is 10.2. The van der Waals surface area contributed by atoms with Gasteiger partial charge < -0.3 is 14.8 Å². The first-order valence-corrected chi connectivity index (χ1v) is 8.62. The number of hydrogen-bond acceptors (Lipinski definition) is 4. The molecular weight excluding hydrogens is 330 g/mol. The summed E-state index contributed by atoms with van der Waals surface area (Å²) in [6.07, 6.45) is 3.93. The molecule has 0 aromatic heterocycles. The summed E-state index contributed by atoms with van der Waals surface area (Å²) in [5, 5.41) is 2.75. The highest BCUT2D eigenvalue weighted by Gasteiger charge is 2.07. The van der Waals surface area contributed by atoms with E-state index in [2.05, 4.69) is 5.32 Å². The molecule has 0 fully saturated rings. The molecule has 5 heteroatoms. The fourth-order valence-corrected chi connectivity index (χ4v) is 2.22. The molecular formula is C21H23NO4. The Morgan fingerprint density at radius 2 is 1.77 bits per heavy atom. The van der Waals surface area contributed by atoms with Gasteiger partial charge in [0.1, 0.15) is 5.75 Å². The zero-order chi connectivity index (χ0) is 18.8. The van der Waals surface area contributed by atoms with Crippen LogP contribution in [0.3, 0.4) is 0 Å². The number of amides is 1. The zero-order valence-corrected chi connectivity index (χ0v) is 15.0. The summed E-state index contributed by atoms with van der Waals surface area (Å²) in [7, 11) is 0. The smallest absolute Gasteiger partial charge is 0.338 e. The number of para-hydroxylation sites is 1. The van der Waals surface area contributed by atoms with Gasteiger partial charge in [-0.2, -0.15) is 0 Å². The maximum atomic E-state index is 12.1. The highest BCUT2D eigenvalue weighted by Crippen LogP contribution is 2.19. The molecule has 0 radical (unpaired) electrons. The van der Waals surface area contributed by atoms with Crippen molar-refractivity contribution in [3.63, 3.8) is 0 Å². The first-order valence-electron chi connectivity index (χ1n) is 8.62. The average molecular weight is 353 g/mol. The molecule has 0 aliphatic rings. The van der Waals surface area contributed by atoms with Crippen LogP contribution in [0.1, 0.15) is 36.2 Å². The molecule has 0 unspecified atom stereocenters. The van der Waals surface area contributed by atoms with Crippen molar-refractivity contribution in [1.29, 1.82) is 0 Å². The molecule has 0 bridgehead atoms. The predicted molar refractivity (Wildman–Crippen MR) is 102 cm³/mol. The Hall–Kier alpha value is -3.08. The van der Waals surface area contributed by atoms with Gasteiger partial charge in [-0.05, 0) is 49.8 Å². The van der Waals surface area contributed by atoms with Crippen molar-refractivity contribution in [2.75, 3.05) is 18.5 Å². The van der Waals surface area contributed by atoms with E-state index in [1.165, 1.54) is 6.08 Å². The maximum Gasteiger partial charge on any atom is 0.338 e. The lowest BCUT2D eigenvalue weighted by Gasteiger charge is -2.07. The van der Waals surface area contributed by atoms with Crippen molar-refractivity contribution in [2.45, 2.75) is 20.3 Å². The Labute approximate surface area is 153 Å². The van der Waals surface area contributed by atoms with E-state index < -0.39 is 0 Å². The van der Waals surface area contributed by atoms with Crippen molar-refractivity contribution >= 4 is 23.6 Å². The molecule has 5 nitrogen and oxygen atoms in total. The van der Waals surface area contributed by atoms with Gasteiger partial charge in [0, 0.05) is 17.3 Å². The van der Waals surface area contributed by atoms with Crippen molar-refractivity contribution in [3.05, 3.63) is 65.7 Å². The zero-order valence-electron chi connectivity index (χ0n) is 15.0. The third kappa shape index (κ3) is 5.77. The van der Waals surface area contributed by atoms with Gasteiger partial charge in [-0.25, -0.2) is 4.79 Å². The van der Waals surface area contributed by atoms with Crippen LogP contribution in [0.25, 0.3) is 6.08 Å². The van der Waals surface area contributed by atoms with Crippen LogP contribution in [0.4, 0.5) is 5.69 Å². The van der Waals surface area contributed by atoms with E-state index in [0.29, 0.717) is 24.5 Å². The number of esters is 1. The van der Waals surface area contributed by atoms with Crippen LogP contribution in [-0.4, -0.2) is 25.1 Å². The molecule has 26 heavy (non-hydrogen) atoms. The number of carbonyl (C=O) groups excluding carboxylic acids is 2. The fourth-order valence-electron chi connectivity index (χ4n) is 2.22. The van der Waals surface area contributed by atoms with Crippen molar-refractivity contribution < 1.29 is 19.1 Å². The summed E-state index contributed by atoms with van der Waals surface area (Å²) < 4.78 is 10.6. The first kappa shape index (κ1) is 19.2. The largest absolute Gasteiger partial charge is 0.493 e. The summed E-state index contributed by atoms with van der Waals surface area (Å²) in [6, 6.07) is 14.1. The van der Waals surface area contributed by atoms with E-state index in [4.69, 9.17) is 9.47 Å². The monoisotopic (exact) mass is 353 g/mol. The summed E-state index contributed by atoms with van der Waals surface area (Å²) >= 11 is 0. The normalized spacial score (nSPS) is 10.5. The quantitative estimate of drug-likeness (QED) is 0.567. The van der Waals surface area contributed by atoms with Gasteiger partial charge in [0.25, 0.3) is 0 Å². The van der Waals surface area contributed by atoms with E-state index in [1.54, 1.807) is 30.3 Å². The van der Waals surface area contributed by atoms with E-state index >= 15 is 0 Å². The second-order valence-corrected chi connectivity index (χ2v) is 5.51. The Bertz CT molecular complexity index is 766. The molecule has 0 aliphatic heterocycles. The fraction of sp³-hybridized carbons (Fsp3) is 0.238. The van der Waals surface area contributed by atoms with Crippen molar-refractivity contribution in [1.82, 2.24) is 0 Å². The number of hydrogen-bond donors (Lipinski definition) is 1. The number of benzene rings is 2. The minimum Gasteiger partial charge on any atom is -0.493 e. The second kappa shape index (κ2) is 10.0. The Morgan fingerprint density at radius 1 is 1.04 bits per heavy atom. The van der Waals surface area contributed by atoms with E-state index in [1.807, 2.05) is 38.1 Å². The number of nitrogens with one attached hydrogen (secondary N) is 1. The molecule has 0 aliphatic carbocycles. The molecule has 2 aromatic carbocycles. The van der Waals surface area contributed by atoms with Crippen LogP contribution in [0.15, 0.2) is 54.6 Å². The predicted octanol–water partition coefficient (Wildman–Crippen LogP) is 4.30. The molecule has 0 spiro atoms. The minimum atomic E-state index is -0.364. The molecule has 0 saturated carbocycles. The Morgan fingerprint density at radius 3 is 2.46 bits per heavy atom. The Kier molecular flexibility index (Phi) is 7.43. The van der Waals surface area contributed by atoms with Crippen LogP contribution >= 0.6 is 0 Å². The minimum absolute atomic E-state index is 0.266. The van der Waals surface area contributed by atoms with Gasteiger partial charge in [0.05, 0.1) is 18.8 Å². The van der Waals surface area contributed by atoms with Gasteiger partial charge >= 0.3 is 5.97 Å². The third-order valence-corrected chi connectivity index (χ3v) is 3.46. The molecule has 136 valence electrons. The molecule has 0 atom stereocenters. The van der Waals surface area contributed by atoms with Gasteiger partial charge in [0.15, 0.2) is 0 Å². The van der Waals surface area contributed by atoms with Crippen LogP contribution < -0.4 is 10.1 Å². The van der Waals surface area contributed by atoms with Gasteiger partial charge in [-0.1, -0.05) is 25.1 Å². The molecule has 2 rings (SSSR count). The number of carbonyl (C=O) groups is 2. The highest BCUT2D eigenvalue weighted by molar-refractivity contribution is 6.02. The van der Waals surface area contributed by atoms with Gasteiger partial charge in [-0.15, -0.1) is 0 Å². The number of ether oxygens (including phenoxy) is 2. The summed E-state index contributed by atoms with van der Waals surface area (Å²) in [5.74, 6) is 0.101. The van der Waals surface area contributed by atoms with Crippen LogP contribution in [0.5, 0.6) is 5.75 Å². The van der Waals surface area contributed by atoms with Crippen LogP contribution in [0.2, 0.25) is 0 Å². The molecule has 0 saturated heterocycles. The summed E-state index contributed by atoms with van der Waals surface area (Å²) in [4.78, 5) is 23.8. The van der Waals surface area contributed by atoms with Crippen molar-refractivity contribution in [2.24, 2.45) is 0 Å². The molecule has 0 heterocycles. The first-order chi connectivity index (χ1) is 12.6. The SMILES string of the molecule is CCCOC(=O)c1ccc(NC(=O)/C=C/c2ccccc2OCC)cc1. The number of rotatable bonds is 8. The lowest BCUT2D eigenvalue weighted by molar-refractivity contribution is -0.111.